The van der Waals surface area contributed by atoms with Crippen molar-refractivity contribution in [2.75, 3.05) is 27.0 Å². The molecule has 0 spiro atoms. The fourth-order valence-corrected chi connectivity index (χ4v) is 3.84. The van der Waals surface area contributed by atoms with Gasteiger partial charge in [0.05, 0.1) is 12.1 Å². The second-order valence-corrected chi connectivity index (χ2v) is 10.1. The molecule has 0 unspecified atom stereocenters. The number of nitrogens with zero attached hydrogens (tertiary/aromatic N) is 2. The molecule has 3 rings (SSSR count). The first kappa shape index (κ1) is 28.1. The van der Waals surface area contributed by atoms with Crippen LogP contribution >= 0.6 is 11.6 Å². The lowest BCUT2D eigenvalue weighted by molar-refractivity contribution is -0.00199. The van der Waals surface area contributed by atoms with Gasteiger partial charge in [0.2, 0.25) is 6.79 Å². The molecule has 1 heterocycles. The molecule has 3 aromatic rings. The van der Waals surface area contributed by atoms with Crippen LogP contribution in [0.4, 0.5) is 9.59 Å². The number of benzene rings is 2. The van der Waals surface area contributed by atoms with Gasteiger partial charge >= 0.3 is 12.2 Å². The highest BCUT2D eigenvalue weighted by atomic mass is 35.5. The molecule has 0 saturated carbocycles. The van der Waals surface area contributed by atoms with Crippen LogP contribution in [0.25, 0.3) is 22.0 Å². The average molecular weight is 529 g/mol. The summed E-state index contributed by atoms with van der Waals surface area (Å²) < 4.78 is 21.5. The van der Waals surface area contributed by atoms with Crippen molar-refractivity contribution in [2.45, 2.75) is 47.1 Å². The Bertz CT molecular complexity index is 1300. The Morgan fingerprint density at radius 1 is 1.03 bits per heavy atom. The van der Waals surface area contributed by atoms with E-state index in [1.54, 1.807) is 33.9 Å². The number of aryl methyl sites for hydroxylation is 3. The zero-order chi connectivity index (χ0) is 27.3. The first-order valence-corrected chi connectivity index (χ1v) is 12.3. The van der Waals surface area contributed by atoms with E-state index in [9.17, 15) is 9.59 Å². The van der Waals surface area contributed by atoms with Crippen molar-refractivity contribution in [1.82, 2.24) is 9.88 Å². The van der Waals surface area contributed by atoms with Gasteiger partial charge in [0, 0.05) is 28.7 Å². The van der Waals surface area contributed by atoms with E-state index in [2.05, 4.69) is 0 Å². The van der Waals surface area contributed by atoms with E-state index >= 15 is 0 Å². The quantitative estimate of drug-likeness (QED) is 0.245. The van der Waals surface area contributed by atoms with E-state index < -0.39 is 17.8 Å². The van der Waals surface area contributed by atoms with E-state index in [0.717, 1.165) is 33.5 Å². The van der Waals surface area contributed by atoms with Crippen LogP contribution in [0.2, 0.25) is 5.02 Å². The topological polar surface area (TPSA) is 87.2 Å². The van der Waals surface area contributed by atoms with Crippen molar-refractivity contribution >= 4 is 34.8 Å². The fourth-order valence-electron chi connectivity index (χ4n) is 3.67. The summed E-state index contributed by atoms with van der Waals surface area (Å²) in [4.78, 5) is 30.3. The maximum Gasteiger partial charge on any atom is 0.511 e. The number of hydrogen-bond donors (Lipinski definition) is 0. The second kappa shape index (κ2) is 11.7. The minimum Gasteiger partial charge on any atom is -0.456 e. The van der Waals surface area contributed by atoms with Crippen molar-refractivity contribution < 1.29 is 28.5 Å². The number of pyridine rings is 1. The smallest absolute Gasteiger partial charge is 0.456 e. The number of halogens is 1. The van der Waals surface area contributed by atoms with Crippen molar-refractivity contribution in [1.29, 1.82) is 0 Å². The van der Waals surface area contributed by atoms with Crippen molar-refractivity contribution in [3.63, 3.8) is 0 Å². The normalized spacial score (nSPS) is 11.2. The van der Waals surface area contributed by atoms with E-state index in [-0.39, 0.29) is 19.9 Å². The molecule has 0 fully saturated rings. The van der Waals surface area contributed by atoms with Crippen LogP contribution in [0.15, 0.2) is 36.4 Å². The van der Waals surface area contributed by atoms with Gasteiger partial charge < -0.3 is 23.8 Å². The largest absolute Gasteiger partial charge is 0.511 e. The van der Waals surface area contributed by atoms with Gasteiger partial charge in [0.1, 0.15) is 18.0 Å². The number of ether oxygens (including phenoxy) is 4. The van der Waals surface area contributed by atoms with Crippen LogP contribution in [0, 0.1) is 20.8 Å². The molecule has 0 radical (unpaired) electrons. The minimum atomic E-state index is -0.918. The number of fused-ring (bicyclic) bond motifs is 1. The number of amides is 1. The molecule has 2 aromatic carbocycles. The van der Waals surface area contributed by atoms with Crippen molar-refractivity contribution in [3.8, 4) is 16.9 Å². The summed E-state index contributed by atoms with van der Waals surface area (Å²) in [7, 11) is 1.56. The molecule has 0 aliphatic heterocycles. The lowest BCUT2D eigenvalue weighted by atomic mass is 9.96. The number of rotatable bonds is 7. The molecule has 198 valence electrons. The van der Waals surface area contributed by atoms with Crippen LogP contribution < -0.4 is 4.74 Å². The molecule has 9 heteroatoms. The maximum absolute atomic E-state index is 12.2. The molecule has 37 heavy (non-hydrogen) atoms. The maximum atomic E-state index is 12.2. The Kier molecular flexibility index (Phi) is 8.86. The summed E-state index contributed by atoms with van der Waals surface area (Å²) in [5.41, 5.74) is 4.56. The molecule has 0 bridgehead atoms. The highest BCUT2D eigenvalue weighted by molar-refractivity contribution is 6.32. The summed E-state index contributed by atoms with van der Waals surface area (Å²) in [6.45, 7) is 10.9. The lowest BCUT2D eigenvalue weighted by Crippen LogP contribution is -2.36. The molecule has 0 saturated heterocycles. The highest BCUT2D eigenvalue weighted by Gasteiger charge is 2.21. The highest BCUT2D eigenvalue weighted by Crippen LogP contribution is 2.41. The third-order valence-corrected chi connectivity index (χ3v) is 5.95. The van der Waals surface area contributed by atoms with Crippen LogP contribution in [-0.4, -0.2) is 54.7 Å². The van der Waals surface area contributed by atoms with Crippen LogP contribution in [0.5, 0.6) is 5.75 Å². The van der Waals surface area contributed by atoms with Crippen LogP contribution in [0.3, 0.4) is 0 Å². The van der Waals surface area contributed by atoms with Gasteiger partial charge in [0.15, 0.2) is 0 Å². The van der Waals surface area contributed by atoms with E-state index in [1.807, 2.05) is 51.1 Å². The second-order valence-electron chi connectivity index (χ2n) is 9.74. The van der Waals surface area contributed by atoms with Gasteiger partial charge in [-0.2, -0.15) is 0 Å². The van der Waals surface area contributed by atoms with Gasteiger partial charge in [0.25, 0.3) is 0 Å². The Balaban J connectivity index is 1.73. The molecule has 0 aliphatic carbocycles. The Hall–Kier alpha value is -3.52. The van der Waals surface area contributed by atoms with Crippen LogP contribution in [-0.2, 0) is 14.2 Å². The summed E-state index contributed by atoms with van der Waals surface area (Å²) in [5, 5.41) is 1.28. The van der Waals surface area contributed by atoms with Gasteiger partial charge in [-0.05, 0) is 70.4 Å². The number of aromatic nitrogens is 1. The molecule has 0 aliphatic rings. The molecular formula is C28H33ClN2O6. The van der Waals surface area contributed by atoms with Gasteiger partial charge in [-0.3, -0.25) is 4.98 Å². The zero-order valence-corrected chi connectivity index (χ0v) is 23.1. The SMILES string of the molecule is Cc1cc2nc(C)c(-c3ccccc3C)c(OCOC(=O)OCCN(C)C(=O)OC(C)(C)C)c2cc1Cl. The fraction of sp³-hybridized carbons (Fsp3) is 0.393. The minimum absolute atomic E-state index is 0.0603. The third-order valence-electron chi connectivity index (χ3n) is 5.54. The standard InChI is InChI=1S/C28H33ClN2O6/c1-17-10-8-9-11-20(17)24-19(3)30-23-14-18(2)22(29)15-21(23)25(24)35-16-36-27(33)34-13-12-31(7)26(32)37-28(4,5)6/h8-11,14-15H,12-13,16H2,1-7H3. The predicted molar refractivity (Wildman–Crippen MR) is 143 cm³/mol. The van der Waals surface area contributed by atoms with E-state index in [4.69, 9.17) is 35.5 Å². The Labute approximate surface area is 222 Å². The number of hydrogen-bond acceptors (Lipinski definition) is 7. The Morgan fingerprint density at radius 2 is 1.73 bits per heavy atom. The van der Waals surface area contributed by atoms with Crippen LogP contribution in [0.1, 0.15) is 37.6 Å². The van der Waals surface area contributed by atoms with E-state index in [0.29, 0.717) is 16.2 Å². The first-order chi connectivity index (χ1) is 17.4. The van der Waals surface area contributed by atoms with E-state index in [1.165, 1.54) is 4.90 Å². The summed E-state index contributed by atoms with van der Waals surface area (Å²) in [6.07, 6.45) is -1.43. The molecular weight excluding hydrogens is 496 g/mol. The molecule has 0 N–H and O–H groups in total. The predicted octanol–water partition coefficient (Wildman–Crippen LogP) is 6.84. The number of likely N-dealkylation sites (N-methyl/N-ethyl adjacent to an activating group) is 1. The van der Waals surface area contributed by atoms with Gasteiger partial charge in [-0.1, -0.05) is 35.9 Å². The summed E-state index contributed by atoms with van der Waals surface area (Å²) in [5.74, 6) is 0.510. The molecule has 8 nitrogen and oxygen atoms in total. The number of carbonyl (C=O) groups excluding carboxylic acids is 2. The number of carbonyl (C=O) groups is 2. The monoisotopic (exact) mass is 528 g/mol. The lowest BCUT2D eigenvalue weighted by Gasteiger charge is -2.24. The first-order valence-electron chi connectivity index (χ1n) is 11.9. The Morgan fingerprint density at radius 3 is 2.41 bits per heavy atom. The summed E-state index contributed by atoms with van der Waals surface area (Å²) >= 11 is 6.43. The van der Waals surface area contributed by atoms with Gasteiger partial charge in [-0.15, -0.1) is 0 Å². The summed E-state index contributed by atoms with van der Waals surface area (Å²) in [6, 6.07) is 11.6. The average Bonchev–Trinajstić information content (AvgIpc) is 2.80. The molecule has 0 atom stereocenters. The molecule has 1 amide bonds. The van der Waals surface area contributed by atoms with Crippen molar-refractivity contribution in [3.05, 3.63) is 58.2 Å². The van der Waals surface area contributed by atoms with Gasteiger partial charge in [-0.25, -0.2) is 9.59 Å². The third kappa shape index (κ3) is 7.26. The van der Waals surface area contributed by atoms with Crippen molar-refractivity contribution in [2.24, 2.45) is 0 Å². The molecule has 1 aromatic heterocycles. The zero-order valence-electron chi connectivity index (χ0n) is 22.3.